The van der Waals surface area contributed by atoms with Gasteiger partial charge in [-0.25, -0.2) is 0 Å². The van der Waals surface area contributed by atoms with Crippen LogP contribution < -0.4 is 0 Å². The fourth-order valence-electron chi connectivity index (χ4n) is 2.63. The summed E-state index contributed by atoms with van der Waals surface area (Å²) in [7, 11) is 1.93. The number of thioether (sulfide) groups is 1. The number of nitrogens with zero attached hydrogens (tertiary/aromatic N) is 3. The zero-order valence-electron chi connectivity index (χ0n) is 14.2. The Morgan fingerprint density at radius 2 is 2.32 bits per heavy atom. The summed E-state index contributed by atoms with van der Waals surface area (Å²) in [6, 6.07) is 0.271. The largest absolute Gasteiger partial charge is 0.381 e. The highest BCUT2D eigenvalue weighted by molar-refractivity contribution is 8.02. The van der Waals surface area contributed by atoms with Crippen molar-refractivity contribution in [2.24, 2.45) is 5.92 Å². The predicted octanol–water partition coefficient (Wildman–Crippen LogP) is 2.49. The summed E-state index contributed by atoms with van der Waals surface area (Å²) in [5, 5.41) is 11.4. The monoisotopic (exact) mass is 331 g/mol. The first kappa shape index (κ1) is 19.3. The average molecular weight is 331 g/mol. The van der Waals surface area contributed by atoms with Crippen LogP contribution in [0.1, 0.15) is 26.7 Å². The molecule has 0 bridgehead atoms. The van der Waals surface area contributed by atoms with Crippen molar-refractivity contribution >= 4 is 11.8 Å². The van der Waals surface area contributed by atoms with E-state index in [2.05, 4.69) is 18.7 Å². The van der Waals surface area contributed by atoms with Crippen molar-refractivity contribution in [1.29, 1.82) is 0 Å². The normalized spacial score (nSPS) is 20.4. The number of hydrogen-bond donors (Lipinski definition) is 0. The molecule has 1 fully saturated rings. The summed E-state index contributed by atoms with van der Waals surface area (Å²) in [6.45, 7) is 9.22. The van der Waals surface area contributed by atoms with Crippen molar-refractivity contribution in [2.45, 2.75) is 32.7 Å². The minimum absolute atomic E-state index is 0.271. The summed E-state index contributed by atoms with van der Waals surface area (Å²) >= 11 is 1.42. The third-order valence-electron chi connectivity index (χ3n) is 4.28. The van der Waals surface area contributed by atoms with Crippen molar-refractivity contribution in [2.75, 3.05) is 46.2 Å². The second-order valence-electron chi connectivity index (χ2n) is 5.83. The molecule has 7 heteroatoms. The molecule has 1 aliphatic rings. The van der Waals surface area contributed by atoms with Crippen LogP contribution in [0.5, 0.6) is 0 Å². The van der Waals surface area contributed by atoms with Crippen LogP contribution in [0.2, 0.25) is 0 Å². The molecule has 6 nitrogen and oxygen atoms in total. The van der Waals surface area contributed by atoms with E-state index in [-0.39, 0.29) is 11.0 Å². The van der Waals surface area contributed by atoms with E-state index in [4.69, 9.17) is 4.74 Å². The maximum atomic E-state index is 10.7. The fraction of sp³-hybridized carbons (Fsp3) is 0.867. The van der Waals surface area contributed by atoms with Gasteiger partial charge in [0.15, 0.2) is 0 Å². The summed E-state index contributed by atoms with van der Waals surface area (Å²) in [4.78, 5) is 14.7. The second-order valence-corrected chi connectivity index (χ2v) is 6.65. The zero-order chi connectivity index (χ0) is 16.5. The number of rotatable bonds is 10. The highest BCUT2D eigenvalue weighted by Crippen LogP contribution is 2.20. The predicted molar refractivity (Wildman–Crippen MR) is 91.5 cm³/mol. The number of ether oxygens (including phenoxy) is 1. The van der Waals surface area contributed by atoms with Gasteiger partial charge in [-0.2, -0.15) is 0 Å². The summed E-state index contributed by atoms with van der Waals surface area (Å²) in [5.41, 5.74) is 0. The molecule has 1 rings (SSSR count). The topological polar surface area (TPSA) is 58.9 Å². The van der Waals surface area contributed by atoms with Gasteiger partial charge in [-0.05, 0) is 38.5 Å². The minimum atomic E-state index is -0.381. The molecular weight excluding hydrogens is 302 g/mol. The van der Waals surface area contributed by atoms with Gasteiger partial charge < -0.3 is 14.5 Å². The van der Waals surface area contributed by atoms with Crippen molar-refractivity contribution in [3.8, 4) is 0 Å². The molecule has 0 radical (unpaired) electrons. The maximum Gasteiger partial charge on any atom is 0.264 e. The molecule has 0 aliphatic carbocycles. The molecule has 1 heterocycles. The van der Waals surface area contributed by atoms with Gasteiger partial charge in [0.05, 0.1) is 11.5 Å². The Balaban J connectivity index is 2.44. The van der Waals surface area contributed by atoms with Gasteiger partial charge in [0.25, 0.3) is 6.20 Å². The number of nitro groups is 1. The zero-order valence-corrected chi connectivity index (χ0v) is 15.0. The average Bonchev–Trinajstić information content (AvgIpc) is 3.00. The van der Waals surface area contributed by atoms with E-state index in [1.54, 1.807) is 0 Å². The first-order valence-electron chi connectivity index (χ1n) is 7.90. The van der Waals surface area contributed by atoms with Gasteiger partial charge in [0.1, 0.15) is 5.03 Å². The van der Waals surface area contributed by atoms with E-state index in [1.807, 2.05) is 18.2 Å². The Kier molecular flexibility index (Phi) is 8.82. The molecule has 1 aliphatic heterocycles. The Labute approximate surface area is 138 Å². The summed E-state index contributed by atoms with van der Waals surface area (Å²) in [6.07, 6.45) is 5.12. The first-order chi connectivity index (χ1) is 10.5. The molecule has 0 aromatic rings. The van der Waals surface area contributed by atoms with Crippen molar-refractivity contribution in [1.82, 2.24) is 9.80 Å². The Morgan fingerprint density at radius 1 is 1.59 bits per heavy atom. The smallest absolute Gasteiger partial charge is 0.264 e. The molecule has 1 saturated heterocycles. The van der Waals surface area contributed by atoms with Crippen LogP contribution in [0.25, 0.3) is 0 Å². The van der Waals surface area contributed by atoms with Gasteiger partial charge in [-0.3, -0.25) is 10.1 Å². The van der Waals surface area contributed by atoms with Crippen LogP contribution >= 0.6 is 11.8 Å². The molecule has 2 unspecified atom stereocenters. The molecule has 22 heavy (non-hydrogen) atoms. The van der Waals surface area contributed by atoms with Crippen LogP contribution in [-0.2, 0) is 4.74 Å². The Hall–Kier alpha value is -0.790. The lowest BCUT2D eigenvalue weighted by molar-refractivity contribution is -0.403. The Bertz CT molecular complexity index is 373. The van der Waals surface area contributed by atoms with Gasteiger partial charge in [-0.1, -0.05) is 6.92 Å². The van der Waals surface area contributed by atoms with E-state index in [9.17, 15) is 10.1 Å². The van der Waals surface area contributed by atoms with Crippen molar-refractivity contribution in [3.05, 3.63) is 21.3 Å². The van der Waals surface area contributed by atoms with Crippen LogP contribution in [0.4, 0.5) is 0 Å². The third-order valence-corrected chi connectivity index (χ3v) is 5.10. The van der Waals surface area contributed by atoms with Crippen molar-refractivity contribution < 1.29 is 9.66 Å². The molecule has 0 spiro atoms. The molecule has 0 aromatic carbocycles. The highest BCUT2D eigenvalue weighted by Gasteiger charge is 2.20. The van der Waals surface area contributed by atoms with Gasteiger partial charge in [0, 0.05) is 32.8 Å². The quantitative estimate of drug-likeness (QED) is 0.453. The van der Waals surface area contributed by atoms with Crippen LogP contribution in [0, 0.1) is 16.0 Å². The number of hydrogen-bond acceptors (Lipinski definition) is 6. The lowest BCUT2D eigenvalue weighted by atomic mass is 10.1. The Morgan fingerprint density at radius 3 is 2.82 bits per heavy atom. The first-order valence-corrected chi connectivity index (χ1v) is 9.12. The highest BCUT2D eigenvalue weighted by atomic mass is 32.2. The van der Waals surface area contributed by atoms with Crippen molar-refractivity contribution in [3.63, 3.8) is 0 Å². The van der Waals surface area contributed by atoms with Gasteiger partial charge in [-0.15, -0.1) is 11.8 Å². The van der Waals surface area contributed by atoms with E-state index < -0.39 is 0 Å². The van der Waals surface area contributed by atoms with Crippen LogP contribution in [-0.4, -0.2) is 66.9 Å². The molecule has 0 N–H and O–H groups in total. The molecule has 2 atom stereocenters. The molecule has 0 saturated carbocycles. The van der Waals surface area contributed by atoms with Crippen LogP contribution in [0.15, 0.2) is 11.2 Å². The molecule has 0 aromatic heterocycles. The maximum absolute atomic E-state index is 10.7. The SMILES string of the molecule is CCN(CCC(C)N(C)C(=C[N+](=O)[O-])SC)CC1CCOC1. The molecule has 0 amide bonds. The van der Waals surface area contributed by atoms with Gasteiger partial charge in [0.2, 0.25) is 0 Å². The van der Waals surface area contributed by atoms with E-state index in [0.717, 1.165) is 51.9 Å². The summed E-state index contributed by atoms with van der Waals surface area (Å²) in [5.74, 6) is 0.657. The van der Waals surface area contributed by atoms with E-state index >= 15 is 0 Å². The third kappa shape index (κ3) is 6.54. The minimum Gasteiger partial charge on any atom is -0.381 e. The fourth-order valence-corrected chi connectivity index (χ4v) is 3.29. The molecule has 128 valence electrons. The lowest BCUT2D eigenvalue weighted by Gasteiger charge is -2.30. The lowest BCUT2D eigenvalue weighted by Crippen LogP contribution is -2.35. The van der Waals surface area contributed by atoms with E-state index in [1.165, 1.54) is 11.8 Å². The standard InChI is InChI=1S/C15H29N3O3S/c1-5-17(10-14-7-9-21-12-14)8-6-13(2)16(3)15(22-4)11-18(19)20/h11,13-14H,5-10,12H2,1-4H3. The van der Waals surface area contributed by atoms with Crippen LogP contribution in [0.3, 0.4) is 0 Å². The molecular formula is C15H29N3O3S. The second kappa shape index (κ2) is 10.1. The van der Waals surface area contributed by atoms with E-state index in [0.29, 0.717) is 10.9 Å². The van der Waals surface area contributed by atoms with Gasteiger partial charge >= 0.3 is 0 Å². The summed E-state index contributed by atoms with van der Waals surface area (Å²) < 4.78 is 5.44.